The Hall–Kier alpha value is -3.81. The summed E-state index contributed by atoms with van der Waals surface area (Å²) in [5.41, 5.74) is 2.43. The number of hydrogen-bond acceptors (Lipinski definition) is 6. The van der Waals surface area contributed by atoms with Crippen molar-refractivity contribution in [3.05, 3.63) is 76.3 Å². The fraction of sp³-hybridized carbons (Fsp3) is 0.190. The van der Waals surface area contributed by atoms with E-state index in [4.69, 9.17) is 0 Å². The van der Waals surface area contributed by atoms with Crippen molar-refractivity contribution < 1.29 is 9.42 Å². The van der Waals surface area contributed by atoms with Gasteiger partial charge < -0.3 is 4.90 Å². The minimum atomic E-state index is -0.304. The van der Waals surface area contributed by atoms with Crippen LogP contribution in [0, 0.1) is 6.92 Å². The molecule has 2 aromatic carbocycles. The quantitative estimate of drug-likeness (QED) is 0.520. The molecule has 0 aliphatic carbocycles. The first-order valence-corrected chi connectivity index (χ1v) is 9.12. The molecule has 0 N–H and O–H groups in total. The number of aromatic nitrogens is 4. The maximum atomic E-state index is 12.9. The SMILES string of the molecule is Cc1nonc1CN(C)C(=O)Cn1nc(-c2ccccc2)c2ccccc2c1=O. The molecule has 0 saturated heterocycles. The normalized spacial score (nSPS) is 11.0. The van der Waals surface area contributed by atoms with E-state index >= 15 is 0 Å². The van der Waals surface area contributed by atoms with Crippen LogP contribution in [-0.2, 0) is 17.9 Å². The van der Waals surface area contributed by atoms with Crippen LogP contribution in [0.2, 0.25) is 0 Å². The molecule has 0 aliphatic heterocycles. The molecule has 0 spiro atoms. The molecule has 2 aromatic heterocycles. The Morgan fingerprint density at radius 2 is 1.72 bits per heavy atom. The molecule has 4 aromatic rings. The van der Waals surface area contributed by atoms with E-state index in [9.17, 15) is 9.59 Å². The summed E-state index contributed by atoms with van der Waals surface area (Å²) >= 11 is 0. The van der Waals surface area contributed by atoms with Crippen LogP contribution in [0.25, 0.3) is 22.0 Å². The molecule has 8 heteroatoms. The van der Waals surface area contributed by atoms with Crippen LogP contribution in [0.3, 0.4) is 0 Å². The Morgan fingerprint density at radius 1 is 1.03 bits per heavy atom. The van der Waals surface area contributed by atoms with Crippen molar-refractivity contribution in [2.45, 2.75) is 20.0 Å². The molecule has 0 radical (unpaired) electrons. The predicted molar refractivity (Wildman–Crippen MR) is 107 cm³/mol. The molecule has 4 rings (SSSR count). The molecule has 0 saturated carbocycles. The Balaban J connectivity index is 1.70. The third-order valence-corrected chi connectivity index (χ3v) is 4.76. The molecule has 29 heavy (non-hydrogen) atoms. The van der Waals surface area contributed by atoms with E-state index in [1.54, 1.807) is 26.1 Å². The van der Waals surface area contributed by atoms with Gasteiger partial charge in [0.05, 0.1) is 17.6 Å². The number of nitrogens with zero attached hydrogens (tertiary/aromatic N) is 5. The van der Waals surface area contributed by atoms with E-state index in [1.807, 2.05) is 42.5 Å². The van der Waals surface area contributed by atoms with Gasteiger partial charge in [0.15, 0.2) is 0 Å². The van der Waals surface area contributed by atoms with Gasteiger partial charge in [-0.2, -0.15) is 5.10 Å². The van der Waals surface area contributed by atoms with Crippen LogP contribution >= 0.6 is 0 Å². The summed E-state index contributed by atoms with van der Waals surface area (Å²) in [6, 6.07) is 16.9. The number of carbonyl (C=O) groups excluding carboxylic acids is 1. The molecular weight excluding hydrogens is 370 g/mol. The first-order valence-electron chi connectivity index (χ1n) is 9.12. The Kier molecular flexibility index (Phi) is 4.90. The largest absolute Gasteiger partial charge is 0.338 e. The zero-order valence-corrected chi connectivity index (χ0v) is 16.1. The Labute approximate surface area is 166 Å². The second-order valence-corrected chi connectivity index (χ2v) is 6.77. The van der Waals surface area contributed by atoms with Gasteiger partial charge in [0.2, 0.25) is 5.91 Å². The minimum Gasteiger partial charge on any atom is -0.338 e. The highest BCUT2D eigenvalue weighted by molar-refractivity contribution is 5.93. The summed E-state index contributed by atoms with van der Waals surface area (Å²) in [5.74, 6) is -0.267. The van der Waals surface area contributed by atoms with Crippen LogP contribution in [0.5, 0.6) is 0 Å². The van der Waals surface area contributed by atoms with E-state index in [0.717, 1.165) is 10.9 Å². The standard InChI is InChI=1S/C21H19N5O3/c1-14-18(24-29-23-14)12-25(2)19(27)13-26-21(28)17-11-7-6-10-16(17)20(22-26)15-8-4-3-5-9-15/h3-11H,12-13H2,1-2H3. The van der Waals surface area contributed by atoms with Gasteiger partial charge in [-0.05, 0) is 13.0 Å². The third kappa shape index (κ3) is 3.64. The van der Waals surface area contributed by atoms with E-state index in [-0.39, 0.29) is 24.6 Å². The summed E-state index contributed by atoms with van der Waals surface area (Å²) < 4.78 is 5.89. The first kappa shape index (κ1) is 18.5. The van der Waals surface area contributed by atoms with E-state index in [2.05, 4.69) is 20.0 Å². The number of hydrogen-bond donors (Lipinski definition) is 0. The lowest BCUT2D eigenvalue weighted by atomic mass is 10.1. The molecule has 0 fully saturated rings. The molecule has 0 unspecified atom stereocenters. The molecule has 0 atom stereocenters. The maximum Gasteiger partial charge on any atom is 0.275 e. The van der Waals surface area contributed by atoms with Gasteiger partial charge in [-0.1, -0.05) is 58.8 Å². The highest BCUT2D eigenvalue weighted by Gasteiger charge is 2.18. The van der Waals surface area contributed by atoms with Crippen molar-refractivity contribution in [3.63, 3.8) is 0 Å². The van der Waals surface area contributed by atoms with Crippen LogP contribution in [0.1, 0.15) is 11.4 Å². The zero-order chi connectivity index (χ0) is 20.4. The van der Waals surface area contributed by atoms with E-state index in [0.29, 0.717) is 22.5 Å². The third-order valence-electron chi connectivity index (χ3n) is 4.76. The number of amides is 1. The second-order valence-electron chi connectivity index (χ2n) is 6.77. The molecule has 8 nitrogen and oxygen atoms in total. The first-order chi connectivity index (χ1) is 14.0. The van der Waals surface area contributed by atoms with Crippen molar-refractivity contribution in [1.29, 1.82) is 0 Å². The fourth-order valence-electron chi connectivity index (χ4n) is 3.11. The van der Waals surface area contributed by atoms with Crippen LogP contribution in [-0.4, -0.2) is 37.9 Å². The lowest BCUT2D eigenvalue weighted by Gasteiger charge is -2.17. The smallest absolute Gasteiger partial charge is 0.275 e. The molecular formula is C21H19N5O3. The van der Waals surface area contributed by atoms with Crippen molar-refractivity contribution in [2.75, 3.05) is 7.05 Å². The Bertz CT molecular complexity index is 1230. The summed E-state index contributed by atoms with van der Waals surface area (Å²) in [5, 5.41) is 13.3. The van der Waals surface area contributed by atoms with Crippen molar-refractivity contribution >= 4 is 16.7 Å². The predicted octanol–water partition coefficient (Wildman–Crippen LogP) is 2.41. The number of fused-ring (bicyclic) bond motifs is 1. The summed E-state index contributed by atoms with van der Waals surface area (Å²) in [7, 11) is 1.64. The van der Waals surface area contributed by atoms with Gasteiger partial charge in [0.25, 0.3) is 5.56 Å². The number of benzene rings is 2. The highest BCUT2D eigenvalue weighted by atomic mass is 16.6. The zero-order valence-electron chi connectivity index (χ0n) is 16.1. The average Bonchev–Trinajstić information content (AvgIpc) is 3.15. The molecule has 0 bridgehead atoms. The molecule has 146 valence electrons. The van der Waals surface area contributed by atoms with Gasteiger partial charge in [0, 0.05) is 18.0 Å². The number of carbonyl (C=O) groups is 1. The van der Waals surface area contributed by atoms with E-state index < -0.39 is 0 Å². The fourth-order valence-corrected chi connectivity index (χ4v) is 3.11. The number of rotatable bonds is 5. The highest BCUT2D eigenvalue weighted by Crippen LogP contribution is 2.24. The van der Waals surface area contributed by atoms with E-state index in [1.165, 1.54) is 9.58 Å². The van der Waals surface area contributed by atoms with Gasteiger partial charge in [0.1, 0.15) is 17.9 Å². The number of aryl methyl sites for hydroxylation is 1. The van der Waals surface area contributed by atoms with Crippen molar-refractivity contribution in [2.24, 2.45) is 0 Å². The van der Waals surface area contributed by atoms with Gasteiger partial charge >= 0.3 is 0 Å². The average molecular weight is 389 g/mol. The van der Waals surface area contributed by atoms with Gasteiger partial charge in [-0.25, -0.2) is 9.31 Å². The summed E-state index contributed by atoms with van der Waals surface area (Å²) in [6.07, 6.45) is 0. The van der Waals surface area contributed by atoms with Crippen LogP contribution < -0.4 is 5.56 Å². The van der Waals surface area contributed by atoms with Crippen molar-refractivity contribution in [3.8, 4) is 11.3 Å². The van der Waals surface area contributed by atoms with Crippen LogP contribution in [0.15, 0.2) is 64.0 Å². The van der Waals surface area contributed by atoms with Gasteiger partial charge in [-0.15, -0.1) is 0 Å². The summed E-state index contributed by atoms with van der Waals surface area (Å²) in [4.78, 5) is 27.1. The van der Waals surface area contributed by atoms with Crippen LogP contribution in [0.4, 0.5) is 0 Å². The monoisotopic (exact) mass is 389 g/mol. The number of likely N-dealkylation sites (N-methyl/N-ethyl adjacent to an activating group) is 1. The minimum absolute atomic E-state index is 0.176. The maximum absolute atomic E-state index is 12.9. The topological polar surface area (TPSA) is 94.1 Å². The Morgan fingerprint density at radius 3 is 2.41 bits per heavy atom. The second kappa shape index (κ2) is 7.67. The molecule has 2 heterocycles. The summed E-state index contributed by atoms with van der Waals surface area (Å²) in [6.45, 7) is 1.82. The lowest BCUT2D eigenvalue weighted by Crippen LogP contribution is -2.35. The molecule has 1 amide bonds. The molecule has 0 aliphatic rings. The lowest BCUT2D eigenvalue weighted by molar-refractivity contribution is -0.131. The van der Waals surface area contributed by atoms with Gasteiger partial charge in [-0.3, -0.25) is 9.59 Å². The van der Waals surface area contributed by atoms with Crippen molar-refractivity contribution in [1.82, 2.24) is 25.0 Å².